The van der Waals surface area contributed by atoms with Gasteiger partial charge in [0.05, 0.1) is 12.8 Å². The number of anilines is 1. The maximum absolute atomic E-state index is 12.4. The maximum atomic E-state index is 12.4. The molecule has 0 radical (unpaired) electrons. The van der Waals surface area contributed by atoms with E-state index in [2.05, 4.69) is 25.3 Å². The van der Waals surface area contributed by atoms with Gasteiger partial charge in [0, 0.05) is 41.5 Å². The van der Waals surface area contributed by atoms with Gasteiger partial charge in [-0.1, -0.05) is 12.1 Å². The van der Waals surface area contributed by atoms with Crippen LogP contribution in [0.3, 0.4) is 0 Å². The first kappa shape index (κ1) is 19.2. The zero-order valence-electron chi connectivity index (χ0n) is 16.1. The van der Waals surface area contributed by atoms with Crippen molar-refractivity contribution in [1.82, 2.24) is 25.3 Å². The third-order valence-corrected chi connectivity index (χ3v) is 4.03. The number of methoxy groups -OCH3 is 1. The second kappa shape index (κ2) is 8.43. The van der Waals surface area contributed by atoms with Crippen molar-refractivity contribution < 1.29 is 9.53 Å². The molecule has 0 aliphatic carbocycles. The van der Waals surface area contributed by atoms with E-state index in [-0.39, 0.29) is 11.9 Å². The van der Waals surface area contributed by atoms with Crippen LogP contribution < -0.4 is 15.8 Å². The topological polar surface area (TPSA) is 116 Å². The molecule has 0 saturated heterocycles. The van der Waals surface area contributed by atoms with Gasteiger partial charge in [0.2, 0.25) is 11.8 Å². The number of nitrogens with two attached hydrogens (primary N) is 1. The lowest BCUT2D eigenvalue weighted by atomic mass is 10.1. The highest BCUT2D eigenvalue weighted by Crippen LogP contribution is 2.22. The number of nitrogens with zero attached hydrogens (tertiary/aromatic N) is 4. The largest absolute Gasteiger partial charge is 0.481 e. The number of nitrogens with one attached hydrogen (secondary N) is 1. The van der Waals surface area contributed by atoms with E-state index >= 15 is 0 Å². The first-order valence-electron chi connectivity index (χ1n) is 8.83. The van der Waals surface area contributed by atoms with Crippen LogP contribution in [0.4, 0.5) is 5.95 Å². The van der Waals surface area contributed by atoms with E-state index in [0.717, 1.165) is 22.8 Å². The van der Waals surface area contributed by atoms with Crippen molar-refractivity contribution in [3.8, 4) is 17.1 Å². The van der Waals surface area contributed by atoms with E-state index in [1.807, 2.05) is 32.0 Å². The lowest BCUT2D eigenvalue weighted by molar-refractivity contribution is 0.0954. The van der Waals surface area contributed by atoms with E-state index in [1.165, 1.54) is 7.11 Å². The quantitative estimate of drug-likeness (QED) is 0.675. The minimum Gasteiger partial charge on any atom is -0.481 e. The van der Waals surface area contributed by atoms with Crippen molar-refractivity contribution in [1.29, 1.82) is 0 Å². The van der Waals surface area contributed by atoms with Crippen LogP contribution in [-0.4, -0.2) is 39.5 Å². The molecule has 3 rings (SSSR count). The summed E-state index contributed by atoms with van der Waals surface area (Å²) in [5, 5.41) is 2.89. The SMILES string of the molecule is COc1cc(-c2ccc(C(=O)NCCc3nc(C)cc(C)n3)cc2)nc(N)n1. The molecule has 1 amide bonds. The van der Waals surface area contributed by atoms with Crippen LogP contribution in [0.15, 0.2) is 36.4 Å². The molecule has 28 heavy (non-hydrogen) atoms. The Morgan fingerprint density at radius 1 is 1.04 bits per heavy atom. The summed E-state index contributed by atoms with van der Waals surface area (Å²) in [7, 11) is 1.52. The molecular weight excluding hydrogens is 356 g/mol. The van der Waals surface area contributed by atoms with Gasteiger partial charge in [-0.05, 0) is 32.0 Å². The predicted molar refractivity (Wildman–Crippen MR) is 106 cm³/mol. The number of hydrogen-bond acceptors (Lipinski definition) is 7. The second-order valence-electron chi connectivity index (χ2n) is 6.30. The molecule has 0 unspecified atom stereocenters. The molecule has 0 saturated carbocycles. The number of carbonyl (C=O) groups is 1. The summed E-state index contributed by atoms with van der Waals surface area (Å²) in [6, 6.07) is 10.7. The van der Waals surface area contributed by atoms with Crippen LogP contribution >= 0.6 is 0 Å². The van der Waals surface area contributed by atoms with Crippen LogP contribution in [0.5, 0.6) is 5.88 Å². The Labute approximate surface area is 163 Å². The Hall–Kier alpha value is -3.55. The lowest BCUT2D eigenvalue weighted by Gasteiger charge is -2.08. The van der Waals surface area contributed by atoms with E-state index < -0.39 is 0 Å². The number of benzene rings is 1. The van der Waals surface area contributed by atoms with Gasteiger partial charge in [-0.2, -0.15) is 4.98 Å². The van der Waals surface area contributed by atoms with Crippen molar-refractivity contribution in [3.63, 3.8) is 0 Å². The average Bonchev–Trinajstić information content (AvgIpc) is 2.66. The Kier molecular flexibility index (Phi) is 5.78. The highest BCUT2D eigenvalue weighted by molar-refractivity contribution is 5.94. The van der Waals surface area contributed by atoms with Crippen molar-refractivity contribution >= 4 is 11.9 Å². The molecule has 0 aliphatic rings. The molecule has 0 bridgehead atoms. The first-order chi connectivity index (χ1) is 13.4. The van der Waals surface area contributed by atoms with Crippen molar-refractivity contribution in [2.45, 2.75) is 20.3 Å². The minimum atomic E-state index is -0.157. The summed E-state index contributed by atoms with van der Waals surface area (Å²) in [6.45, 7) is 4.32. The molecule has 144 valence electrons. The number of aryl methyl sites for hydroxylation is 2. The Balaban J connectivity index is 1.63. The average molecular weight is 378 g/mol. The molecule has 2 heterocycles. The molecule has 0 aliphatic heterocycles. The first-order valence-corrected chi connectivity index (χ1v) is 8.83. The molecule has 1 aromatic carbocycles. The number of aromatic nitrogens is 4. The third-order valence-electron chi connectivity index (χ3n) is 4.03. The summed E-state index contributed by atoms with van der Waals surface area (Å²) >= 11 is 0. The number of rotatable bonds is 6. The fourth-order valence-electron chi connectivity index (χ4n) is 2.79. The van der Waals surface area contributed by atoms with Gasteiger partial charge in [0.25, 0.3) is 5.91 Å². The van der Waals surface area contributed by atoms with Gasteiger partial charge in [0.1, 0.15) is 5.82 Å². The number of carbonyl (C=O) groups excluding carboxylic acids is 1. The molecule has 0 fully saturated rings. The van der Waals surface area contributed by atoms with Crippen LogP contribution in [0.25, 0.3) is 11.3 Å². The standard InChI is InChI=1S/C20H22N6O2/c1-12-10-13(2)24-17(23-12)8-9-22-19(27)15-6-4-14(5-7-15)16-11-18(28-3)26-20(21)25-16/h4-7,10-11H,8-9H2,1-3H3,(H,22,27)(H2,21,25,26). The van der Waals surface area contributed by atoms with Gasteiger partial charge in [-0.15, -0.1) is 0 Å². The molecule has 3 aromatic rings. The van der Waals surface area contributed by atoms with Gasteiger partial charge in [-0.25, -0.2) is 15.0 Å². The van der Waals surface area contributed by atoms with E-state index in [9.17, 15) is 4.79 Å². The molecule has 0 spiro atoms. The molecule has 8 heteroatoms. The monoisotopic (exact) mass is 378 g/mol. The third kappa shape index (κ3) is 4.79. The van der Waals surface area contributed by atoms with E-state index in [4.69, 9.17) is 10.5 Å². The van der Waals surface area contributed by atoms with Crippen LogP contribution in [0.1, 0.15) is 27.6 Å². The van der Waals surface area contributed by atoms with Crippen molar-refractivity contribution in [3.05, 3.63) is 59.2 Å². The van der Waals surface area contributed by atoms with Gasteiger partial charge < -0.3 is 15.8 Å². The van der Waals surface area contributed by atoms with E-state index in [1.54, 1.807) is 18.2 Å². The summed E-state index contributed by atoms with van der Waals surface area (Å²) < 4.78 is 5.11. The fraction of sp³-hybridized carbons (Fsp3) is 0.250. The van der Waals surface area contributed by atoms with Gasteiger partial charge in [-0.3, -0.25) is 4.79 Å². The van der Waals surface area contributed by atoms with E-state index in [0.29, 0.717) is 30.1 Å². The normalized spacial score (nSPS) is 10.5. The predicted octanol–water partition coefficient (Wildman–Crippen LogP) is 2.11. The van der Waals surface area contributed by atoms with Crippen LogP contribution in [0.2, 0.25) is 0 Å². The molecular formula is C20H22N6O2. The Morgan fingerprint density at radius 3 is 2.36 bits per heavy atom. The van der Waals surface area contributed by atoms with Gasteiger partial charge >= 0.3 is 0 Å². The molecule has 8 nitrogen and oxygen atoms in total. The number of ether oxygens (including phenoxy) is 1. The molecule has 3 N–H and O–H groups in total. The summed E-state index contributed by atoms with van der Waals surface area (Å²) in [6.07, 6.45) is 0.576. The Morgan fingerprint density at radius 2 is 1.71 bits per heavy atom. The highest BCUT2D eigenvalue weighted by atomic mass is 16.5. The molecule has 2 aromatic heterocycles. The minimum absolute atomic E-state index is 0.129. The highest BCUT2D eigenvalue weighted by Gasteiger charge is 2.09. The van der Waals surface area contributed by atoms with Crippen molar-refractivity contribution in [2.75, 3.05) is 19.4 Å². The Bertz CT molecular complexity index is 968. The summed E-state index contributed by atoms with van der Waals surface area (Å²) in [5.74, 6) is 1.09. The smallest absolute Gasteiger partial charge is 0.251 e. The lowest BCUT2D eigenvalue weighted by Crippen LogP contribution is -2.26. The summed E-state index contributed by atoms with van der Waals surface area (Å²) in [4.78, 5) is 29.3. The summed E-state index contributed by atoms with van der Waals surface area (Å²) in [5.41, 5.74) is 9.54. The molecule has 0 atom stereocenters. The second-order valence-corrected chi connectivity index (χ2v) is 6.30. The fourth-order valence-corrected chi connectivity index (χ4v) is 2.79. The van der Waals surface area contributed by atoms with Crippen LogP contribution in [0, 0.1) is 13.8 Å². The number of nitrogen functional groups attached to an aromatic ring is 1. The maximum Gasteiger partial charge on any atom is 0.251 e. The zero-order valence-corrected chi connectivity index (χ0v) is 16.1. The number of hydrogen-bond donors (Lipinski definition) is 2. The van der Waals surface area contributed by atoms with Crippen molar-refractivity contribution in [2.24, 2.45) is 0 Å². The van der Waals surface area contributed by atoms with Crippen LogP contribution in [-0.2, 0) is 6.42 Å². The zero-order chi connectivity index (χ0) is 20.1. The number of amides is 1. The van der Waals surface area contributed by atoms with Gasteiger partial charge in [0.15, 0.2) is 0 Å².